The Hall–Kier alpha value is -4.05. The number of hydrogen-bond donors (Lipinski definition) is 1. The average molecular weight is 580 g/mol. The fourth-order valence-corrected chi connectivity index (χ4v) is 6.38. The van der Waals surface area contributed by atoms with E-state index in [1.807, 2.05) is 12.1 Å². The molecule has 3 aromatic rings. The molecule has 0 unspecified atom stereocenters. The molecular formula is C31H37N3O6S. The van der Waals surface area contributed by atoms with Crippen molar-refractivity contribution in [1.29, 1.82) is 0 Å². The van der Waals surface area contributed by atoms with Crippen LogP contribution in [0.25, 0.3) is 0 Å². The first-order chi connectivity index (χ1) is 19.7. The van der Waals surface area contributed by atoms with Crippen molar-refractivity contribution in [3.63, 3.8) is 0 Å². The van der Waals surface area contributed by atoms with Crippen molar-refractivity contribution in [3.05, 3.63) is 84.4 Å². The Morgan fingerprint density at radius 1 is 0.902 bits per heavy atom. The summed E-state index contributed by atoms with van der Waals surface area (Å²) in [6, 6.07) is 20.9. The van der Waals surface area contributed by atoms with Crippen molar-refractivity contribution in [3.8, 4) is 11.5 Å². The number of nitrogens with zero attached hydrogens (tertiary/aromatic N) is 2. The van der Waals surface area contributed by atoms with Crippen LogP contribution < -0.4 is 19.1 Å². The molecule has 0 aromatic heterocycles. The van der Waals surface area contributed by atoms with Gasteiger partial charge in [-0.15, -0.1) is 0 Å². The van der Waals surface area contributed by atoms with E-state index in [9.17, 15) is 18.0 Å². The molecule has 1 atom stereocenters. The molecule has 0 heterocycles. The molecule has 0 aliphatic heterocycles. The zero-order chi connectivity index (χ0) is 29.4. The number of sulfonamides is 1. The van der Waals surface area contributed by atoms with Crippen LogP contribution in [-0.2, 0) is 26.2 Å². The van der Waals surface area contributed by atoms with Gasteiger partial charge in [0, 0.05) is 18.7 Å². The van der Waals surface area contributed by atoms with Crippen molar-refractivity contribution in [1.82, 2.24) is 10.2 Å². The number of carbonyl (C=O) groups excluding carboxylic acids is 2. The van der Waals surface area contributed by atoms with Crippen LogP contribution in [0, 0.1) is 0 Å². The Balaban J connectivity index is 1.70. The summed E-state index contributed by atoms with van der Waals surface area (Å²) in [6.07, 6.45) is 3.92. The molecule has 9 nitrogen and oxygen atoms in total. The van der Waals surface area contributed by atoms with Crippen molar-refractivity contribution in [2.75, 3.05) is 25.1 Å². The summed E-state index contributed by atoms with van der Waals surface area (Å²) < 4.78 is 39.5. The first kappa shape index (κ1) is 29.9. The highest BCUT2D eigenvalue weighted by molar-refractivity contribution is 7.92. The fourth-order valence-electron chi connectivity index (χ4n) is 4.96. The molecule has 218 valence electrons. The van der Waals surface area contributed by atoms with Gasteiger partial charge in [0.15, 0.2) is 0 Å². The maximum absolute atomic E-state index is 14.1. The van der Waals surface area contributed by atoms with E-state index in [-0.39, 0.29) is 29.1 Å². The van der Waals surface area contributed by atoms with Gasteiger partial charge in [-0.2, -0.15) is 0 Å². The maximum atomic E-state index is 14.1. The van der Waals surface area contributed by atoms with Gasteiger partial charge in [-0.3, -0.25) is 13.9 Å². The summed E-state index contributed by atoms with van der Waals surface area (Å²) in [7, 11) is -1.10. The third-order valence-electron chi connectivity index (χ3n) is 7.31. The molecule has 1 aliphatic carbocycles. The summed E-state index contributed by atoms with van der Waals surface area (Å²) in [5, 5.41) is 3.07. The van der Waals surface area contributed by atoms with Gasteiger partial charge in [0.2, 0.25) is 11.8 Å². The Morgan fingerprint density at radius 3 is 2.20 bits per heavy atom. The van der Waals surface area contributed by atoms with E-state index < -0.39 is 28.5 Å². The quantitative estimate of drug-likeness (QED) is 0.342. The van der Waals surface area contributed by atoms with Gasteiger partial charge in [0.25, 0.3) is 10.0 Å². The Morgan fingerprint density at radius 2 is 1.54 bits per heavy atom. The second-order valence-electron chi connectivity index (χ2n) is 10.1. The zero-order valence-electron chi connectivity index (χ0n) is 23.7. The Labute approximate surface area is 242 Å². The third kappa shape index (κ3) is 7.38. The van der Waals surface area contributed by atoms with E-state index in [1.165, 1.54) is 24.1 Å². The maximum Gasteiger partial charge on any atom is 0.264 e. The fraction of sp³-hybridized carbons (Fsp3) is 0.355. The number of methoxy groups -OCH3 is 2. The normalized spacial score (nSPS) is 14.2. The van der Waals surface area contributed by atoms with Gasteiger partial charge in [-0.25, -0.2) is 8.42 Å². The van der Waals surface area contributed by atoms with Crippen LogP contribution in [0.5, 0.6) is 11.5 Å². The Kier molecular flexibility index (Phi) is 9.88. The second-order valence-corrected chi connectivity index (χ2v) is 11.9. The highest BCUT2D eigenvalue weighted by Gasteiger charge is 2.33. The van der Waals surface area contributed by atoms with Crippen molar-refractivity contribution < 1.29 is 27.5 Å². The monoisotopic (exact) mass is 579 g/mol. The minimum absolute atomic E-state index is 0.0435. The smallest absolute Gasteiger partial charge is 0.264 e. The van der Waals surface area contributed by atoms with E-state index in [1.54, 1.807) is 68.6 Å². The summed E-state index contributed by atoms with van der Waals surface area (Å²) in [6.45, 7) is 1.24. The van der Waals surface area contributed by atoms with Crippen LogP contribution in [0.1, 0.15) is 38.2 Å². The number of hydrogen-bond acceptors (Lipinski definition) is 6. The molecule has 1 aliphatic rings. The number of nitrogens with one attached hydrogen (secondary N) is 1. The number of ether oxygens (including phenoxy) is 2. The van der Waals surface area contributed by atoms with E-state index >= 15 is 0 Å². The number of rotatable bonds is 12. The minimum atomic E-state index is -4.15. The molecule has 4 rings (SSSR count). The molecule has 3 aromatic carbocycles. The molecule has 1 N–H and O–H groups in total. The van der Waals surface area contributed by atoms with Crippen LogP contribution in [0.4, 0.5) is 5.69 Å². The van der Waals surface area contributed by atoms with Gasteiger partial charge in [-0.1, -0.05) is 49.2 Å². The Bertz CT molecular complexity index is 1440. The summed E-state index contributed by atoms with van der Waals surface area (Å²) in [5.74, 6) is 0.264. The van der Waals surface area contributed by atoms with Gasteiger partial charge in [0.05, 0.1) is 24.8 Å². The molecular weight excluding hydrogens is 542 g/mol. The first-order valence-electron chi connectivity index (χ1n) is 13.7. The van der Waals surface area contributed by atoms with Gasteiger partial charge in [0.1, 0.15) is 24.1 Å². The van der Waals surface area contributed by atoms with Gasteiger partial charge < -0.3 is 19.7 Å². The van der Waals surface area contributed by atoms with Crippen molar-refractivity contribution in [2.45, 2.75) is 56.1 Å². The van der Waals surface area contributed by atoms with E-state index in [2.05, 4.69) is 5.32 Å². The SMILES string of the molecule is COc1cccc(CN(C(=O)CN(c2cccc(OC)c2)S(=O)(=O)c2ccccc2)[C@@H](C)C(=O)NC2CCCC2)c1. The number of carbonyl (C=O) groups is 2. The molecule has 0 saturated heterocycles. The lowest BCUT2D eigenvalue weighted by Gasteiger charge is -2.32. The van der Waals surface area contributed by atoms with Crippen molar-refractivity contribution in [2.24, 2.45) is 0 Å². The molecule has 10 heteroatoms. The first-order valence-corrected chi connectivity index (χ1v) is 15.1. The summed E-state index contributed by atoms with van der Waals surface area (Å²) in [4.78, 5) is 28.9. The lowest BCUT2D eigenvalue weighted by molar-refractivity contribution is -0.139. The lowest BCUT2D eigenvalue weighted by atomic mass is 10.1. The standard InChI is InChI=1S/C31H37N3O6S/c1-23(31(36)32-25-12-7-8-13-25)33(21-24-11-9-15-27(19-24)39-2)30(35)22-34(26-14-10-16-28(20-26)40-3)41(37,38)29-17-5-4-6-18-29/h4-6,9-11,14-20,23,25H,7-8,12-13,21-22H2,1-3H3,(H,32,36)/t23-/m0/s1. The highest BCUT2D eigenvalue weighted by Crippen LogP contribution is 2.28. The van der Waals surface area contributed by atoms with Gasteiger partial charge in [-0.05, 0) is 61.7 Å². The largest absolute Gasteiger partial charge is 0.497 e. The van der Waals surface area contributed by atoms with Crippen LogP contribution in [0.2, 0.25) is 0 Å². The second kappa shape index (κ2) is 13.5. The molecule has 41 heavy (non-hydrogen) atoms. The lowest BCUT2D eigenvalue weighted by Crippen LogP contribution is -2.52. The third-order valence-corrected chi connectivity index (χ3v) is 9.10. The van der Waals surface area contributed by atoms with E-state index in [0.29, 0.717) is 11.5 Å². The van der Waals surface area contributed by atoms with E-state index in [4.69, 9.17) is 9.47 Å². The van der Waals surface area contributed by atoms with Gasteiger partial charge >= 0.3 is 0 Å². The molecule has 0 spiro atoms. The summed E-state index contributed by atoms with van der Waals surface area (Å²) in [5.41, 5.74) is 1.02. The average Bonchev–Trinajstić information content (AvgIpc) is 3.51. The molecule has 1 fully saturated rings. The predicted molar refractivity (Wildman–Crippen MR) is 157 cm³/mol. The topological polar surface area (TPSA) is 105 Å². The molecule has 0 radical (unpaired) electrons. The van der Waals surface area contributed by atoms with Crippen LogP contribution in [0.3, 0.4) is 0 Å². The summed E-state index contributed by atoms with van der Waals surface area (Å²) >= 11 is 0. The predicted octanol–water partition coefficient (Wildman–Crippen LogP) is 4.38. The number of amides is 2. The van der Waals surface area contributed by atoms with Crippen molar-refractivity contribution >= 4 is 27.5 Å². The highest BCUT2D eigenvalue weighted by atomic mass is 32.2. The zero-order valence-corrected chi connectivity index (χ0v) is 24.5. The van der Waals surface area contributed by atoms with Crippen LogP contribution >= 0.6 is 0 Å². The molecule has 0 bridgehead atoms. The molecule has 2 amide bonds. The number of benzene rings is 3. The number of anilines is 1. The van der Waals surface area contributed by atoms with Crippen LogP contribution in [-0.4, -0.2) is 58.0 Å². The van der Waals surface area contributed by atoms with E-state index in [0.717, 1.165) is 35.6 Å². The molecule has 1 saturated carbocycles. The minimum Gasteiger partial charge on any atom is -0.497 e. The van der Waals surface area contributed by atoms with Crippen LogP contribution in [0.15, 0.2) is 83.8 Å².